The van der Waals surface area contributed by atoms with Gasteiger partial charge in [0.25, 0.3) is 0 Å². The molecule has 1 unspecified atom stereocenters. The summed E-state index contributed by atoms with van der Waals surface area (Å²) in [5.41, 5.74) is 4.01. The van der Waals surface area contributed by atoms with Crippen LogP contribution >= 0.6 is 15.9 Å². The smallest absolute Gasteiger partial charge is 0.203 e. The molecule has 0 N–H and O–H groups in total. The van der Waals surface area contributed by atoms with Crippen LogP contribution in [-0.2, 0) is 0 Å². The molecule has 110 valence electrons. The van der Waals surface area contributed by atoms with Gasteiger partial charge in [-0.1, -0.05) is 34.1 Å². The maximum Gasteiger partial charge on any atom is 0.203 e. The average molecular weight is 347 g/mol. The lowest BCUT2D eigenvalue weighted by atomic mass is 10.0. The number of ketones is 1. The molecule has 21 heavy (non-hydrogen) atoms. The van der Waals surface area contributed by atoms with Gasteiger partial charge in [0.2, 0.25) is 5.78 Å². The van der Waals surface area contributed by atoms with Gasteiger partial charge in [-0.15, -0.1) is 0 Å². The Labute approximate surface area is 134 Å². The topological polar surface area (TPSA) is 26.3 Å². The quantitative estimate of drug-likeness (QED) is 0.726. The van der Waals surface area contributed by atoms with Crippen LogP contribution in [-0.4, -0.2) is 11.9 Å². The Hall–Kier alpha value is -1.61. The van der Waals surface area contributed by atoms with Crippen molar-refractivity contribution in [3.8, 4) is 5.75 Å². The largest absolute Gasteiger partial charge is 0.482 e. The molecule has 2 aromatic rings. The van der Waals surface area contributed by atoms with Gasteiger partial charge in [-0.2, -0.15) is 0 Å². The van der Waals surface area contributed by atoms with E-state index in [0.29, 0.717) is 5.56 Å². The van der Waals surface area contributed by atoms with Crippen LogP contribution in [0.3, 0.4) is 0 Å². The van der Waals surface area contributed by atoms with Gasteiger partial charge in [0.1, 0.15) is 5.75 Å². The molecule has 2 aromatic carbocycles. The number of Topliss-reactive ketones (excluding diaryl/α,β-unsaturated/α-hetero) is 1. The second kappa shape index (κ2) is 6.44. The van der Waals surface area contributed by atoms with Gasteiger partial charge in [0, 0.05) is 10.0 Å². The van der Waals surface area contributed by atoms with Crippen LogP contribution < -0.4 is 4.74 Å². The normalized spacial score (nSPS) is 12.0. The molecule has 0 saturated heterocycles. The molecular weight excluding hydrogens is 328 g/mol. The number of carbonyl (C=O) groups excluding carboxylic acids is 1. The van der Waals surface area contributed by atoms with E-state index < -0.39 is 6.10 Å². The highest BCUT2D eigenvalue weighted by molar-refractivity contribution is 9.10. The van der Waals surface area contributed by atoms with Crippen LogP contribution in [0.4, 0.5) is 0 Å². The zero-order valence-electron chi connectivity index (χ0n) is 12.7. The van der Waals surface area contributed by atoms with Gasteiger partial charge in [0.05, 0.1) is 0 Å². The lowest BCUT2D eigenvalue weighted by molar-refractivity contribution is 0.0817. The highest BCUT2D eigenvalue weighted by Gasteiger charge is 2.18. The van der Waals surface area contributed by atoms with Crippen molar-refractivity contribution in [2.24, 2.45) is 0 Å². The molecule has 0 aliphatic heterocycles. The van der Waals surface area contributed by atoms with E-state index in [9.17, 15) is 4.79 Å². The number of ether oxygens (including phenoxy) is 1. The van der Waals surface area contributed by atoms with Crippen LogP contribution in [0.15, 0.2) is 40.9 Å². The Morgan fingerprint density at radius 2 is 1.67 bits per heavy atom. The number of halogens is 1. The molecule has 2 nitrogen and oxygen atoms in total. The van der Waals surface area contributed by atoms with Crippen molar-refractivity contribution in [1.82, 2.24) is 0 Å². The van der Waals surface area contributed by atoms with Gasteiger partial charge >= 0.3 is 0 Å². The summed E-state index contributed by atoms with van der Waals surface area (Å²) in [5, 5.41) is 0. The monoisotopic (exact) mass is 346 g/mol. The maximum atomic E-state index is 12.5. The lowest BCUT2D eigenvalue weighted by Gasteiger charge is -2.16. The predicted octanol–water partition coefficient (Wildman–Crippen LogP) is 5.02. The third-order valence-electron chi connectivity index (χ3n) is 3.61. The Morgan fingerprint density at radius 3 is 2.33 bits per heavy atom. The van der Waals surface area contributed by atoms with Crippen LogP contribution in [0.5, 0.6) is 5.75 Å². The molecule has 3 heteroatoms. The third kappa shape index (κ3) is 3.73. The predicted molar refractivity (Wildman–Crippen MR) is 89.2 cm³/mol. The van der Waals surface area contributed by atoms with Gasteiger partial charge < -0.3 is 4.74 Å². The summed E-state index contributed by atoms with van der Waals surface area (Å²) in [7, 11) is 0. The SMILES string of the molecule is Cc1ccc(C(=O)C(C)Oc2cc(Br)ccc2C)cc1C. The first kappa shape index (κ1) is 15.8. The molecule has 0 amide bonds. The molecule has 0 aliphatic rings. The molecule has 0 aliphatic carbocycles. The number of rotatable bonds is 4. The minimum absolute atomic E-state index is 0.00234. The van der Waals surface area contributed by atoms with Crippen molar-refractivity contribution in [1.29, 1.82) is 0 Å². The van der Waals surface area contributed by atoms with Crippen molar-refractivity contribution in [3.63, 3.8) is 0 Å². The fourth-order valence-corrected chi connectivity index (χ4v) is 2.41. The molecule has 0 aromatic heterocycles. The van der Waals surface area contributed by atoms with Crippen molar-refractivity contribution in [2.75, 3.05) is 0 Å². The van der Waals surface area contributed by atoms with Gasteiger partial charge in [-0.05, 0) is 62.6 Å². The van der Waals surface area contributed by atoms with Crippen LogP contribution in [0, 0.1) is 20.8 Å². The lowest BCUT2D eigenvalue weighted by Crippen LogP contribution is -2.24. The highest BCUT2D eigenvalue weighted by atomic mass is 79.9. The first-order valence-corrected chi connectivity index (χ1v) is 7.72. The average Bonchev–Trinajstić information content (AvgIpc) is 2.45. The van der Waals surface area contributed by atoms with E-state index in [1.54, 1.807) is 6.92 Å². The minimum atomic E-state index is -0.514. The van der Waals surface area contributed by atoms with Crippen molar-refractivity contribution in [3.05, 3.63) is 63.1 Å². The summed E-state index contributed by atoms with van der Waals surface area (Å²) >= 11 is 3.42. The number of aryl methyl sites for hydroxylation is 3. The Kier molecular flexibility index (Phi) is 4.84. The number of hydrogen-bond donors (Lipinski definition) is 0. The standard InChI is InChI=1S/C18H19BrO2/c1-11-5-7-15(9-13(11)3)18(20)14(4)21-17-10-16(19)8-6-12(17)2/h5-10,14H,1-4H3. The van der Waals surface area contributed by atoms with E-state index in [1.807, 2.05) is 57.2 Å². The van der Waals surface area contributed by atoms with Crippen LogP contribution in [0.1, 0.15) is 34.0 Å². The zero-order chi connectivity index (χ0) is 15.6. The fraction of sp³-hybridized carbons (Fsp3) is 0.278. The van der Waals surface area contributed by atoms with E-state index in [-0.39, 0.29) is 5.78 Å². The second-order valence-corrected chi connectivity index (χ2v) is 6.25. The summed E-state index contributed by atoms with van der Waals surface area (Å²) in [6.07, 6.45) is -0.514. The van der Waals surface area contributed by atoms with Crippen LogP contribution in [0.2, 0.25) is 0 Å². The van der Waals surface area contributed by atoms with E-state index in [0.717, 1.165) is 21.3 Å². The number of benzene rings is 2. The molecule has 0 saturated carbocycles. The second-order valence-electron chi connectivity index (χ2n) is 5.33. The van der Waals surface area contributed by atoms with Crippen molar-refractivity contribution >= 4 is 21.7 Å². The molecule has 1 atom stereocenters. The van der Waals surface area contributed by atoms with Crippen LogP contribution in [0.25, 0.3) is 0 Å². The van der Waals surface area contributed by atoms with E-state index in [4.69, 9.17) is 4.74 Å². The Bertz CT molecular complexity index is 677. The maximum absolute atomic E-state index is 12.5. The highest BCUT2D eigenvalue weighted by Crippen LogP contribution is 2.24. The zero-order valence-corrected chi connectivity index (χ0v) is 14.3. The van der Waals surface area contributed by atoms with Gasteiger partial charge in [-0.25, -0.2) is 0 Å². The Balaban J connectivity index is 2.19. The summed E-state index contributed by atoms with van der Waals surface area (Å²) in [4.78, 5) is 12.5. The summed E-state index contributed by atoms with van der Waals surface area (Å²) in [5.74, 6) is 0.728. The third-order valence-corrected chi connectivity index (χ3v) is 4.11. The number of carbonyl (C=O) groups is 1. The summed E-state index contributed by atoms with van der Waals surface area (Å²) in [6.45, 7) is 7.80. The van der Waals surface area contributed by atoms with E-state index >= 15 is 0 Å². The fourth-order valence-electron chi connectivity index (χ4n) is 2.07. The Morgan fingerprint density at radius 1 is 1.00 bits per heavy atom. The molecule has 0 spiro atoms. The minimum Gasteiger partial charge on any atom is -0.482 e. The molecule has 0 radical (unpaired) electrons. The summed E-state index contributed by atoms with van der Waals surface area (Å²) in [6, 6.07) is 11.6. The molecule has 2 rings (SSSR count). The van der Waals surface area contributed by atoms with Crippen molar-refractivity contribution in [2.45, 2.75) is 33.8 Å². The van der Waals surface area contributed by atoms with E-state index in [1.165, 1.54) is 5.56 Å². The van der Waals surface area contributed by atoms with Gasteiger partial charge in [-0.3, -0.25) is 4.79 Å². The first-order valence-electron chi connectivity index (χ1n) is 6.93. The summed E-state index contributed by atoms with van der Waals surface area (Å²) < 4.78 is 6.77. The molecule has 0 heterocycles. The van der Waals surface area contributed by atoms with E-state index in [2.05, 4.69) is 15.9 Å². The first-order chi connectivity index (χ1) is 9.88. The van der Waals surface area contributed by atoms with Crippen molar-refractivity contribution < 1.29 is 9.53 Å². The molecular formula is C18H19BrO2. The molecule has 0 bridgehead atoms. The van der Waals surface area contributed by atoms with Gasteiger partial charge in [0.15, 0.2) is 6.10 Å². The number of hydrogen-bond acceptors (Lipinski definition) is 2. The molecule has 0 fully saturated rings.